The first kappa shape index (κ1) is 26.2. The normalized spacial score (nSPS) is 18.0. The number of carbonyl (C=O) groups is 2. The van der Waals surface area contributed by atoms with Gasteiger partial charge in [0.25, 0.3) is 6.41 Å². The van der Waals surface area contributed by atoms with E-state index in [1.807, 2.05) is 0 Å². The van der Waals surface area contributed by atoms with Gasteiger partial charge in [0.1, 0.15) is 24.1 Å². The first-order chi connectivity index (χ1) is 17.5. The second kappa shape index (κ2) is 12.9. The number of hydrogen-bond acceptors (Lipinski definition) is 11. The van der Waals surface area contributed by atoms with Gasteiger partial charge in [0.15, 0.2) is 10.8 Å². The SMILES string of the molecule is Nc1nc(Cl)c2ncn(C(OCCCOC(=O)OC3CCCCC3)OC(=O)OC3CCCCC3)c2n1. The zero-order valence-corrected chi connectivity index (χ0v) is 20.9. The Morgan fingerprint density at radius 2 is 1.61 bits per heavy atom. The van der Waals surface area contributed by atoms with Crippen LogP contribution in [0.2, 0.25) is 5.15 Å². The molecular weight excluding hydrogens is 494 g/mol. The lowest BCUT2D eigenvalue weighted by Gasteiger charge is -2.24. The van der Waals surface area contributed by atoms with E-state index < -0.39 is 18.7 Å². The van der Waals surface area contributed by atoms with E-state index >= 15 is 0 Å². The maximum atomic E-state index is 12.5. The number of fused-ring (bicyclic) bond motifs is 1. The zero-order valence-electron chi connectivity index (χ0n) is 20.1. The highest BCUT2D eigenvalue weighted by Crippen LogP contribution is 2.26. The number of carbonyl (C=O) groups excluding carboxylic acids is 2. The van der Waals surface area contributed by atoms with Crippen LogP contribution in [0.25, 0.3) is 11.2 Å². The topological polar surface area (TPSA) is 150 Å². The van der Waals surface area contributed by atoms with E-state index in [-0.39, 0.29) is 47.7 Å². The van der Waals surface area contributed by atoms with Gasteiger partial charge in [0.05, 0.1) is 13.2 Å². The summed E-state index contributed by atoms with van der Waals surface area (Å²) in [5.41, 5.74) is 6.24. The van der Waals surface area contributed by atoms with Gasteiger partial charge in [-0.2, -0.15) is 9.97 Å². The maximum Gasteiger partial charge on any atom is 0.512 e. The smallest absolute Gasteiger partial charge is 0.434 e. The summed E-state index contributed by atoms with van der Waals surface area (Å²) >= 11 is 6.12. The predicted octanol–water partition coefficient (Wildman–Crippen LogP) is 4.90. The first-order valence-electron chi connectivity index (χ1n) is 12.5. The van der Waals surface area contributed by atoms with E-state index in [1.165, 1.54) is 17.3 Å². The van der Waals surface area contributed by atoms with Gasteiger partial charge < -0.3 is 29.4 Å². The number of rotatable bonds is 9. The summed E-state index contributed by atoms with van der Waals surface area (Å²) in [5.74, 6) is -0.0670. The van der Waals surface area contributed by atoms with Gasteiger partial charge in [0.2, 0.25) is 5.95 Å². The minimum atomic E-state index is -1.26. The van der Waals surface area contributed by atoms with Crippen LogP contribution in [-0.4, -0.2) is 57.3 Å². The molecule has 0 radical (unpaired) electrons. The molecule has 13 heteroatoms. The van der Waals surface area contributed by atoms with Gasteiger partial charge in [0, 0.05) is 6.42 Å². The number of aromatic nitrogens is 4. The number of anilines is 1. The van der Waals surface area contributed by atoms with E-state index in [4.69, 9.17) is 41.0 Å². The summed E-state index contributed by atoms with van der Waals surface area (Å²) in [6.07, 6.45) is 8.35. The van der Waals surface area contributed by atoms with Crippen LogP contribution in [0.15, 0.2) is 6.33 Å². The average Bonchev–Trinajstić information content (AvgIpc) is 3.28. The van der Waals surface area contributed by atoms with Crippen LogP contribution in [0.4, 0.5) is 15.5 Å². The summed E-state index contributed by atoms with van der Waals surface area (Å²) in [6.45, 7) is 0.169. The minimum absolute atomic E-state index is 0.0599. The molecule has 2 saturated carbocycles. The number of imidazole rings is 1. The Labute approximate surface area is 213 Å². The number of nitrogens with two attached hydrogens (primary N) is 1. The highest BCUT2D eigenvalue weighted by molar-refractivity contribution is 6.33. The molecule has 2 fully saturated rings. The second-order valence-corrected chi connectivity index (χ2v) is 9.31. The van der Waals surface area contributed by atoms with Crippen LogP contribution >= 0.6 is 11.6 Å². The van der Waals surface area contributed by atoms with Crippen molar-refractivity contribution in [2.75, 3.05) is 18.9 Å². The third-order valence-corrected chi connectivity index (χ3v) is 6.48. The van der Waals surface area contributed by atoms with Crippen molar-refractivity contribution in [2.45, 2.75) is 89.3 Å². The van der Waals surface area contributed by atoms with Gasteiger partial charge in [-0.3, -0.25) is 4.57 Å². The molecule has 36 heavy (non-hydrogen) atoms. The summed E-state index contributed by atoms with van der Waals surface area (Å²) in [6, 6.07) is 0. The van der Waals surface area contributed by atoms with Crippen LogP contribution in [0.3, 0.4) is 0 Å². The van der Waals surface area contributed by atoms with Crippen LogP contribution < -0.4 is 5.73 Å². The lowest BCUT2D eigenvalue weighted by molar-refractivity contribution is -0.172. The minimum Gasteiger partial charge on any atom is -0.434 e. The highest BCUT2D eigenvalue weighted by Gasteiger charge is 2.26. The Bertz CT molecular complexity index is 1020. The van der Waals surface area contributed by atoms with Gasteiger partial charge in [-0.05, 0) is 51.4 Å². The second-order valence-electron chi connectivity index (χ2n) is 8.95. The molecule has 1 unspecified atom stereocenters. The molecule has 12 nitrogen and oxygen atoms in total. The molecule has 0 amide bonds. The third-order valence-electron chi connectivity index (χ3n) is 6.22. The molecule has 2 aliphatic rings. The van der Waals surface area contributed by atoms with Gasteiger partial charge in [-0.25, -0.2) is 14.6 Å². The van der Waals surface area contributed by atoms with E-state index in [0.717, 1.165) is 57.8 Å². The molecule has 198 valence electrons. The largest absolute Gasteiger partial charge is 0.512 e. The monoisotopic (exact) mass is 525 g/mol. The van der Waals surface area contributed by atoms with Crippen molar-refractivity contribution >= 4 is 41.0 Å². The Balaban J connectivity index is 1.33. The van der Waals surface area contributed by atoms with E-state index in [0.29, 0.717) is 6.42 Å². The van der Waals surface area contributed by atoms with Crippen LogP contribution in [0, 0.1) is 0 Å². The Morgan fingerprint density at radius 1 is 0.972 bits per heavy atom. The molecule has 4 rings (SSSR count). The van der Waals surface area contributed by atoms with Crippen LogP contribution in [-0.2, 0) is 23.7 Å². The number of ether oxygens (including phenoxy) is 5. The molecule has 0 aliphatic heterocycles. The molecule has 2 aliphatic carbocycles. The zero-order chi connectivity index (χ0) is 25.3. The molecule has 0 spiro atoms. The fraction of sp³-hybridized carbons (Fsp3) is 0.696. The molecule has 2 aromatic heterocycles. The quantitative estimate of drug-likeness (QED) is 0.206. The molecule has 2 aromatic rings. The van der Waals surface area contributed by atoms with Crippen molar-refractivity contribution in [3.05, 3.63) is 11.5 Å². The molecule has 0 aromatic carbocycles. The number of halogens is 1. The van der Waals surface area contributed by atoms with E-state index in [2.05, 4.69) is 15.0 Å². The molecular formula is C23H32ClN5O7. The van der Waals surface area contributed by atoms with Crippen LogP contribution in [0.5, 0.6) is 0 Å². The lowest BCUT2D eigenvalue weighted by atomic mass is 9.98. The lowest BCUT2D eigenvalue weighted by Crippen LogP contribution is -2.26. The van der Waals surface area contributed by atoms with Gasteiger partial charge in [-0.1, -0.05) is 24.4 Å². The average molecular weight is 526 g/mol. The van der Waals surface area contributed by atoms with Crippen molar-refractivity contribution in [3.8, 4) is 0 Å². The van der Waals surface area contributed by atoms with Crippen molar-refractivity contribution in [2.24, 2.45) is 0 Å². The molecule has 0 saturated heterocycles. The Kier molecular flexibility index (Phi) is 9.40. The van der Waals surface area contributed by atoms with Gasteiger partial charge >= 0.3 is 12.3 Å². The first-order valence-corrected chi connectivity index (χ1v) is 12.8. The highest BCUT2D eigenvalue weighted by atomic mass is 35.5. The summed E-state index contributed by atoms with van der Waals surface area (Å²) in [4.78, 5) is 36.7. The number of hydrogen-bond donors (Lipinski definition) is 1. The molecule has 0 bridgehead atoms. The van der Waals surface area contributed by atoms with E-state index in [9.17, 15) is 9.59 Å². The fourth-order valence-corrected chi connectivity index (χ4v) is 4.62. The third kappa shape index (κ3) is 7.33. The van der Waals surface area contributed by atoms with Crippen molar-refractivity contribution in [3.63, 3.8) is 0 Å². The Hall–Kier alpha value is -2.86. The standard InChI is InChI=1S/C23H32ClN5O7/c24-18-17-19(28-20(25)27-18)29(14-26-17)21(36-23(31)35-16-10-5-2-6-11-16)32-12-7-13-33-22(30)34-15-8-3-1-4-9-15/h14-16,21H,1-13H2,(H2,25,27,28). The van der Waals surface area contributed by atoms with Crippen molar-refractivity contribution < 1.29 is 33.3 Å². The predicted molar refractivity (Wildman–Crippen MR) is 128 cm³/mol. The molecule has 1 atom stereocenters. The molecule has 2 N–H and O–H groups in total. The summed E-state index contributed by atoms with van der Waals surface area (Å²) in [5, 5.41) is 0.0599. The summed E-state index contributed by atoms with van der Waals surface area (Å²) < 4.78 is 28.6. The van der Waals surface area contributed by atoms with Crippen molar-refractivity contribution in [1.82, 2.24) is 19.5 Å². The Morgan fingerprint density at radius 3 is 2.28 bits per heavy atom. The maximum absolute atomic E-state index is 12.5. The fourth-order valence-electron chi connectivity index (χ4n) is 4.40. The van der Waals surface area contributed by atoms with E-state index in [1.54, 1.807) is 0 Å². The molecule has 2 heterocycles. The number of nitrogens with zero attached hydrogens (tertiary/aromatic N) is 4. The van der Waals surface area contributed by atoms with Crippen molar-refractivity contribution in [1.29, 1.82) is 0 Å². The van der Waals surface area contributed by atoms with Gasteiger partial charge in [-0.15, -0.1) is 0 Å². The number of nitrogen functional groups attached to an aromatic ring is 1. The summed E-state index contributed by atoms with van der Waals surface area (Å²) in [7, 11) is 0. The van der Waals surface area contributed by atoms with Crippen LogP contribution in [0.1, 0.15) is 77.0 Å².